The number of hydrogen-bond acceptors (Lipinski definition) is 17. The van der Waals surface area contributed by atoms with E-state index in [0.717, 1.165) is 11.3 Å². The lowest BCUT2D eigenvalue weighted by atomic mass is 10.1. The molecule has 0 aliphatic carbocycles. The maximum atomic E-state index is 12.4. The van der Waals surface area contributed by atoms with Gasteiger partial charge in [0.2, 0.25) is 0 Å². The number of hydrogen-bond donors (Lipinski definition) is 9. The van der Waals surface area contributed by atoms with Crippen molar-refractivity contribution < 1.29 is 66.8 Å². The van der Waals surface area contributed by atoms with E-state index < -0.39 is 47.6 Å². The quantitative estimate of drug-likeness (QED) is 0.0180. The van der Waals surface area contributed by atoms with Crippen molar-refractivity contribution in [1.29, 1.82) is 0 Å². The number of carbonyl (C=O) groups is 8. The third-order valence-corrected chi connectivity index (χ3v) is 11.7. The van der Waals surface area contributed by atoms with Crippen LogP contribution in [0.15, 0.2) is 218 Å². The number of nitrogen functional groups attached to an aromatic ring is 3. The Kier molecular flexibility index (Phi) is 28.8. The highest BCUT2D eigenvalue weighted by Crippen LogP contribution is 2.24. The van der Waals surface area contributed by atoms with Crippen LogP contribution < -0.4 is 63.3 Å². The molecule has 0 spiro atoms. The van der Waals surface area contributed by atoms with E-state index in [-0.39, 0.29) is 33.9 Å². The van der Waals surface area contributed by atoms with Crippen LogP contribution in [0.4, 0.5) is 75.2 Å². The van der Waals surface area contributed by atoms with Gasteiger partial charge in [0.15, 0.2) is 0 Å². The van der Waals surface area contributed by atoms with Crippen LogP contribution in [0.2, 0.25) is 0 Å². The van der Waals surface area contributed by atoms with E-state index in [2.05, 4.69) is 59.1 Å². The van der Waals surface area contributed by atoms with Gasteiger partial charge in [-0.1, -0.05) is 72.4 Å². The van der Waals surface area contributed by atoms with Gasteiger partial charge >= 0.3 is 47.6 Å². The number of anilines is 9. The van der Waals surface area contributed by atoms with Crippen LogP contribution >= 0.6 is 11.6 Å². The van der Waals surface area contributed by atoms with Gasteiger partial charge in [-0.15, -0.1) is 19.3 Å². The summed E-state index contributed by atoms with van der Waals surface area (Å²) in [5.41, 5.74) is 22.0. The van der Waals surface area contributed by atoms with E-state index in [0.29, 0.717) is 56.7 Å². The number of esters is 3. The Morgan fingerprint density at radius 3 is 0.926 bits per heavy atom. The van der Waals surface area contributed by atoms with Gasteiger partial charge in [0, 0.05) is 79.5 Å². The molecule has 6 amide bonds. The van der Waals surface area contributed by atoms with E-state index in [1.54, 1.807) is 152 Å². The average Bonchev–Trinajstić information content (AvgIpc) is 3.71. The lowest BCUT2D eigenvalue weighted by Crippen LogP contribution is -2.21. The Morgan fingerprint density at radius 1 is 0.337 bits per heavy atom. The third-order valence-electron chi connectivity index (χ3n) is 11.7. The smallest absolute Gasteiger partial charge is 0.417 e. The van der Waals surface area contributed by atoms with Crippen LogP contribution in [-0.4, -0.2) is 68.9 Å². The molecule has 24 heteroatoms. The summed E-state index contributed by atoms with van der Waals surface area (Å²) in [6.45, 7) is 0. The molecule has 0 aliphatic rings. The fourth-order valence-corrected chi connectivity index (χ4v) is 7.54. The zero-order valence-corrected chi connectivity index (χ0v) is 51.6. The molecule has 0 saturated carbocycles. The molecule has 0 atom stereocenters. The number of rotatable bonds is 12. The third kappa shape index (κ3) is 26.5. The van der Waals surface area contributed by atoms with E-state index in [4.69, 9.17) is 67.0 Å². The maximum Gasteiger partial charge on any atom is 0.417 e. The second-order valence-corrected chi connectivity index (χ2v) is 18.9. The first-order valence-corrected chi connectivity index (χ1v) is 27.9. The molecule has 0 fully saturated rings. The molecule has 0 aromatic heterocycles. The summed E-state index contributed by atoms with van der Waals surface area (Å²) >= 11 is 4.95. The van der Waals surface area contributed by atoms with Gasteiger partial charge in [-0.25, -0.2) is 38.4 Å². The second-order valence-electron chi connectivity index (χ2n) is 18.6. The molecule has 0 unspecified atom stereocenters. The summed E-state index contributed by atoms with van der Waals surface area (Å²) in [6.07, 6.45) is 14.2. The predicted molar refractivity (Wildman–Crippen MR) is 365 cm³/mol. The van der Waals surface area contributed by atoms with E-state index in [1.807, 2.05) is 18.2 Å². The van der Waals surface area contributed by atoms with Crippen molar-refractivity contribution in [3.63, 3.8) is 0 Å². The van der Waals surface area contributed by atoms with Crippen LogP contribution in [0.3, 0.4) is 0 Å². The first kappa shape index (κ1) is 72.1. The molecule has 0 heterocycles. The summed E-state index contributed by atoms with van der Waals surface area (Å²) < 4.78 is 28.9. The Labute approximate surface area is 551 Å². The molecule has 12 N–H and O–H groups in total. The summed E-state index contributed by atoms with van der Waals surface area (Å²) in [6, 6.07) is 58.3. The number of nitrogens with two attached hydrogens (primary N) is 3. The average molecular weight is 1300 g/mol. The fraction of sp³-hybridized carbons (Fsp3) is 0.0423. The van der Waals surface area contributed by atoms with Crippen molar-refractivity contribution in [2.75, 3.05) is 70.4 Å². The number of methoxy groups -OCH3 is 3. The molecule has 0 saturated heterocycles. The Morgan fingerprint density at radius 2 is 0.621 bits per heavy atom. The van der Waals surface area contributed by atoms with E-state index >= 15 is 0 Å². The lowest BCUT2D eigenvalue weighted by molar-refractivity contribution is 0.0592. The zero-order chi connectivity index (χ0) is 69.1. The van der Waals surface area contributed by atoms with Crippen molar-refractivity contribution in [3.05, 3.63) is 252 Å². The summed E-state index contributed by atoms with van der Waals surface area (Å²) in [5, 5.41) is 15.6. The molecule has 480 valence electrons. The molecule has 0 bridgehead atoms. The number of urea groups is 2. The molecule has 0 radical (unpaired) electrons. The predicted octanol–water partition coefficient (Wildman–Crippen LogP) is 13.7. The standard InChI is InChI=1S/C26H20N4O4.C22H18N2O6.C8H10N2O2.C8H7N.C7H5ClO2/c1-4-17-6-10-20(11-7-17)27-25(32)29-22-14-19(24(31)34-3)15-23(16-22)30-26(33)28-21-12-8-18(5-2)9-13-21;1-28-20(25)15-12-16(23-21(26)29-18-8-4-2-5-9-18)14-17(13-15)24-22(27)30-19-10-6-3-7-11-19;1-12-8(11)5-2-6(9)4-7(10)3-5;1-2-7-3-5-8(9)6-4-7;8-7(9)10-6-4-2-1-3-5-6/h1-2,6-16H,3H3,(H2,27,29,32)(H2,28,30,33);2-14H,1H3,(H,23,26)(H,24,27);2-4H,9-10H2,1H3;1,3-6H,9H2;1-5H. The van der Waals surface area contributed by atoms with E-state index in [9.17, 15) is 38.4 Å². The number of terminal acetylenes is 3. The topological polar surface area (TPSA) is 342 Å². The molecule has 0 aliphatic heterocycles. The molecule has 9 rings (SSSR count). The van der Waals surface area contributed by atoms with Crippen molar-refractivity contribution >= 4 is 110 Å². The van der Waals surface area contributed by atoms with Crippen molar-refractivity contribution in [1.82, 2.24) is 0 Å². The first-order chi connectivity index (χ1) is 45.7. The van der Waals surface area contributed by atoms with Gasteiger partial charge in [0.1, 0.15) is 17.2 Å². The maximum absolute atomic E-state index is 12.4. The van der Waals surface area contributed by atoms with Crippen LogP contribution in [0.5, 0.6) is 17.2 Å². The number of amides is 6. The highest BCUT2D eigenvalue weighted by atomic mass is 35.5. The molecular weight excluding hydrogens is 1240 g/mol. The highest BCUT2D eigenvalue weighted by Gasteiger charge is 2.16. The molecule has 95 heavy (non-hydrogen) atoms. The summed E-state index contributed by atoms with van der Waals surface area (Å²) in [5.74, 6) is 6.93. The largest absolute Gasteiger partial charge is 0.465 e. The SMILES string of the molecule is C#Cc1ccc(N)cc1.C#Cc1ccc(NC(=O)Nc2cc(NC(=O)Nc3ccc(C#C)cc3)cc(C(=O)OC)c2)cc1.COC(=O)c1cc(N)cc(N)c1.COC(=O)c1cc(NC(=O)Oc2ccccc2)cc(NC(=O)Oc2ccccc2)c1.O=C(Cl)Oc1ccccc1. The monoisotopic (exact) mass is 1300 g/mol. The Hall–Kier alpha value is -13.7. The van der Waals surface area contributed by atoms with Crippen molar-refractivity contribution in [3.8, 4) is 54.3 Å². The van der Waals surface area contributed by atoms with Gasteiger partial charge in [-0.05, 0) is 164 Å². The van der Waals surface area contributed by atoms with Gasteiger partial charge < -0.3 is 66.9 Å². The van der Waals surface area contributed by atoms with Crippen molar-refractivity contribution in [2.24, 2.45) is 0 Å². The minimum absolute atomic E-state index is 0.116. The van der Waals surface area contributed by atoms with Gasteiger partial charge in [-0.3, -0.25) is 10.6 Å². The van der Waals surface area contributed by atoms with Crippen LogP contribution in [0.1, 0.15) is 47.8 Å². The molecule has 9 aromatic carbocycles. The first-order valence-electron chi connectivity index (χ1n) is 27.5. The van der Waals surface area contributed by atoms with Crippen LogP contribution in [0, 0.1) is 37.0 Å². The van der Waals surface area contributed by atoms with E-state index in [1.165, 1.54) is 69.9 Å². The summed E-state index contributed by atoms with van der Waals surface area (Å²) in [7, 11) is 3.76. The Balaban J connectivity index is 0.000000239. The highest BCUT2D eigenvalue weighted by molar-refractivity contribution is 6.61. The van der Waals surface area contributed by atoms with Crippen LogP contribution in [-0.2, 0) is 14.2 Å². The normalized spacial score (nSPS) is 9.48. The molecule has 9 aromatic rings. The summed E-state index contributed by atoms with van der Waals surface area (Å²) in [4.78, 5) is 94.3. The number of halogens is 1. The number of nitrogens with one attached hydrogen (secondary N) is 6. The van der Waals surface area contributed by atoms with Gasteiger partial charge in [0.05, 0.1) is 38.0 Å². The van der Waals surface area contributed by atoms with Gasteiger partial charge in [0.25, 0.3) is 0 Å². The number of carbonyl (C=O) groups excluding carboxylic acids is 8. The number of benzene rings is 9. The number of ether oxygens (including phenoxy) is 6. The lowest BCUT2D eigenvalue weighted by Gasteiger charge is -2.13. The molecule has 23 nitrogen and oxygen atoms in total. The van der Waals surface area contributed by atoms with Gasteiger partial charge in [-0.2, -0.15) is 0 Å². The minimum Gasteiger partial charge on any atom is -0.465 e. The zero-order valence-electron chi connectivity index (χ0n) is 50.8. The number of para-hydroxylation sites is 3. The fourth-order valence-electron chi connectivity index (χ4n) is 7.45. The van der Waals surface area contributed by atoms with Crippen LogP contribution in [0.25, 0.3) is 0 Å². The second kappa shape index (κ2) is 38.0. The van der Waals surface area contributed by atoms with Crippen molar-refractivity contribution in [2.45, 2.75) is 0 Å². The Bertz CT molecular complexity index is 4050. The molecular formula is C71H60ClN9O14. The minimum atomic E-state index is -0.814.